The van der Waals surface area contributed by atoms with Gasteiger partial charge in [0.2, 0.25) is 0 Å². The fourth-order valence-corrected chi connectivity index (χ4v) is 1.23. The van der Waals surface area contributed by atoms with Crippen molar-refractivity contribution in [3.05, 3.63) is 40.4 Å². The average molecular weight is 213 g/mol. The monoisotopic (exact) mass is 212 g/mol. The van der Waals surface area contributed by atoms with Crippen LogP contribution >= 0.6 is 24.2 Å². The van der Waals surface area contributed by atoms with Crippen molar-refractivity contribution in [1.82, 2.24) is 0 Å². The maximum Gasteiger partial charge on any atom is 0.150 e. The molecule has 1 nitrogen and oxygen atoms in total. The molecule has 0 saturated heterocycles. The van der Waals surface area contributed by atoms with Gasteiger partial charge >= 0.3 is 0 Å². The van der Waals surface area contributed by atoms with Gasteiger partial charge in [0.05, 0.1) is 0 Å². The van der Waals surface area contributed by atoms with Crippen molar-refractivity contribution in [3.8, 4) is 0 Å². The Labute approximate surface area is 87.8 Å². The number of rotatable bonds is 3. The van der Waals surface area contributed by atoms with Crippen molar-refractivity contribution in [2.45, 2.75) is 0 Å². The second-order valence-corrected chi connectivity index (χ2v) is 3.26. The van der Waals surface area contributed by atoms with Crippen molar-refractivity contribution in [2.75, 3.05) is 5.75 Å². The fourth-order valence-electron chi connectivity index (χ4n) is 0.943. The predicted molar refractivity (Wildman–Crippen MR) is 59.7 cm³/mol. The Morgan fingerprint density at radius 2 is 2.23 bits per heavy atom. The summed E-state index contributed by atoms with van der Waals surface area (Å²) in [6.45, 7) is 0. The molecule has 0 aliphatic carbocycles. The van der Waals surface area contributed by atoms with E-state index < -0.39 is 0 Å². The molecule has 0 aliphatic heterocycles. The number of hydrogen-bond acceptors (Lipinski definition) is 2. The summed E-state index contributed by atoms with van der Waals surface area (Å²) in [5, 5.41) is 0.642. The highest BCUT2D eigenvalue weighted by Gasteiger charge is 1.97. The first-order chi connectivity index (χ1) is 6.27. The van der Waals surface area contributed by atoms with Crippen molar-refractivity contribution >= 4 is 36.6 Å². The number of carbonyl (C=O) groups excluding carboxylic acids is 1. The number of thiol groups is 1. The SMILES string of the molecule is O=Cc1ccc(Cl)c(C=CCS)c1. The number of benzene rings is 1. The molecule has 0 bridgehead atoms. The minimum Gasteiger partial charge on any atom is -0.298 e. The Balaban J connectivity index is 3.03. The highest BCUT2D eigenvalue weighted by molar-refractivity contribution is 7.80. The Hall–Kier alpha value is -0.730. The molecule has 1 aromatic carbocycles. The zero-order chi connectivity index (χ0) is 9.68. The highest BCUT2D eigenvalue weighted by atomic mass is 35.5. The first-order valence-corrected chi connectivity index (χ1v) is 4.81. The van der Waals surface area contributed by atoms with Crippen LogP contribution in [0.1, 0.15) is 15.9 Å². The van der Waals surface area contributed by atoms with E-state index in [2.05, 4.69) is 12.6 Å². The molecule has 3 heteroatoms. The summed E-state index contributed by atoms with van der Waals surface area (Å²) in [5.41, 5.74) is 1.48. The third kappa shape index (κ3) is 2.90. The van der Waals surface area contributed by atoms with Crippen LogP contribution in [0.3, 0.4) is 0 Å². The van der Waals surface area contributed by atoms with E-state index in [0.29, 0.717) is 16.3 Å². The second kappa shape index (κ2) is 5.10. The average Bonchev–Trinajstić information content (AvgIpc) is 2.17. The molecule has 0 N–H and O–H groups in total. The Bertz CT molecular complexity index is 334. The lowest BCUT2D eigenvalue weighted by Crippen LogP contribution is -1.82. The maximum atomic E-state index is 10.5. The molecule has 0 aliphatic rings. The van der Waals surface area contributed by atoms with Gasteiger partial charge in [0.25, 0.3) is 0 Å². The van der Waals surface area contributed by atoms with Crippen LogP contribution in [-0.2, 0) is 0 Å². The van der Waals surface area contributed by atoms with Crippen LogP contribution in [-0.4, -0.2) is 12.0 Å². The van der Waals surface area contributed by atoms with Gasteiger partial charge in [0, 0.05) is 16.3 Å². The van der Waals surface area contributed by atoms with Crippen LogP contribution < -0.4 is 0 Å². The van der Waals surface area contributed by atoms with E-state index in [1.807, 2.05) is 12.2 Å². The Morgan fingerprint density at radius 1 is 1.46 bits per heavy atom. The zero-order valence-electron chi connectivity index (χ0n) is 6.90. The largest absolute Gasteiger partial charge is 0.298 e. The van der Waals surface area contributed by atoms with Gasteiger partial charge in [-0.3, -0.25) is 4.79 Å². The first-order valence-electron chi connectivity index (χ1n) is 3.80. The number of halogens is 1. The molecule has 13 heavy (non-hydrogen) atoms. The van der Waals surface area contributed by atoms with Crippen molar-refractivity contribution < 1.29 is 4.79 Å². The molecule has 1 aromatic rings. The number of hydrogen-bond donors (Lipinski definition) is 1. The van der Waals surface area contributed by atoms with Gasteiger partial charge in [-0.05, 0) is 17.7 Å². The number of aldehydes is 1. The Kier molecular flexibility index (Phi) is 4.06. The van der Waals surface area contributed by atoms with E-state index in [1.54, 1.807) is 18.2 Å². The van der Waals surface area contributed by atoms with E-state index >= 15 is 0 Å². The minimum absolute atomic E-state index is 0.628. The standard InChI is InChI=1S/C10H9ClOS/c11-10-4-3-8(7-12)6-9(10)2-1-5-13/h1-4,6-7,13H,5H2. The van der Waals surface area contributed by atoms with E-state index in [4.69, 9.17) is 11.6 Å². The van der Waals surface area contributed by atoms with Crippen molar-refractivity contribution in [3.63, 3.8) is 0 Å². The molecule has 0 radical (unpaired) electrons. The number of carbonyl (C=O) groups is 1. The van der Waals surface area contributed by atoms with Crippen LogP contribution in [0.2, 0.25) is 5.02 Å². The molecule has 0 unspecified atom stereocenters. The summed E-state index contributed by atoms with van der Waals surface area (Å²) < 4.78 is 0. The first kappa shape index (κ1) is 10.4. The second-order valence-electron chi connectivity index (χ2n) is 2.48. The smallest absolute Gasteiger partial charge is 0.150 e. The van der Waals surface area contributed by atoms with Crippen LogP contribution in [0.5, 0.6) is 0 Å². The van der Waals surface area contributed by atoms with E-state index in [9.17, 15) is 4.79 Å². The quantitative estimate of drug-likeness (QED) is 0.602. The molecular formula is C10H9ClOS. The van der Waals surface area contributed by atoms with Gasteiger partial charge in [0.15, 0.2) is 0 Å². The summed E-state index contributed by atoms with van der Waals surface area (Å²) in [6, 6.07) is 5.14. The minimum atomic E-state index is 0.628. The fraction of sp³-hybridized carbons (Fsp3) is 0.100. The van der Waals surface area contributed by atoms with E-state index in [-0.39, 0.29) is 0 Å². The lowest BCUT2D eigenvalue weighted by molar-refractivity contribution is 0.112. The topological polar surface area (TPSA) is 17.1 Å². The summed E-state index contributed by atoms with van der Waals surface area (Å²) in [6.07, 6.45) is 4.52. The molecule has 0 spiro atoms. The normalized spacial score (nSPS) is 10.6. The maximum absolute atomic E-state index is 10.5. The van der Waals surface area contributed by atoms with Crippen molar-refractivity contribution in [2.24, 2.45) is 0 Å². The van der Waals surface area contributed by atoms with Crippen molar-refractivity contribution in [1.29, 1.82) is 0 Å². The van der Waals surface area contributed by atoms with Gasteiger partial charge in [-0.25, -0.2) is 0 Å². The summed E-state index contributed by atoms with van der Waals surface area (Å²) in [7, 11) is 0. The lowest BCUT2D eigenvalue weighted by Gasteiger charge is -1.98. The highest BCUT2D eigenvalue weighted by Crippen LogP contribution is 2.18. The van der Waals surface area contributed by atoms with E-state index in [0.717, 1.165) is 11.8 Å². The van der Waals surface area contributed by atoms with Gasteiger partial charge < -0.3 is 0 Å². The van der Waals surface area contributed by atoms with Crippen LogP contribution in [0.15, 0.2) is 24.3 Å². The van der Waals surface area contributed by atoms with Gasteiger partial charge in [-0.15, -0.1) is 0 Å². The summed E-state index contributed by atoms with van der Waals surface area (Å²) >= 11 is 9.93. The summed E-state index contributed by atoms with van der Waals surface area (Å²) in [4.78, 5) is 10.5. The van der Waals surface area contributed by atoms with Crippen LogP contribution in [0.25, 0.3) is 6.08 Å². The third-order valence-corrected chi connectivity index (χ3v) is 2.11. The summed E-state index contributed by atoms with van der Waals surface area (Å²) in [5.74, 6) is 0.654. The lowest BCUT2D eigenvalue weighted by atomic mass is 10.1. The molecule has 0 saturated carbocycles. The van der Waals surface area contributed by atoms with Crippen LogP contribution in [0, 0.1) is 0 Å². The molecular weight excluding hydrogens is 204 g/mol. The third-order valence-electron chi connectivity index (χ3n) is 1.56. The van der Waals surface area contributed by atoms with E-state index in [1.165, 1.54) is 0 Å². The Morgan fingerprint density at radius 3 is 2.85 bits per heavy atom. The molecule has 0 fully saturated rings. The molecule has 0 heterocycles. The molecule has 0 atom stereocenters. The van der Waals surface area contributed by atoms with Crippen LogP contribution in [0.4, 0.5) is 0 Å². The zero-order valence-corrected chi connectivity index (χ0v) is 8.55. The predicted octanol–water partition coefficient (Wildman–Crippen LogP) is 3.10. The molecule has 68 valence electrons. The molecule has 1 rings (SSSR count). The van der Waals surface area contributed by atoms with Gasteiger partial charge in [-0.2, -0.15) is 12.6 Å². The molecule has 0 amide bonds. The molecule has 0 aromatic heterocycles. The van der Waals surface area contributed by atoms with Gasteiger partial charge in [0.1, 0.15) is 6.29 Å². The van der Waals surface area contributed by atoms with Gasteiger partial charge in [-0.1, -0.05) is 29.8 Å².